The fourth-order valence-corrected chi connectivity index (χ4v) is 0.962. The second kappa shape index (κ2) is 3.83. The van der Waals surface area contributed by atoms with Gasteiger partial charge in [-0.2, -0.15) is 4.39 Å². The largest absolute Gasteiger partial charge is 0.438 e. The fraction of sp³-hybridized carbons (Fsp3) is 0. The quantitative estimate of drug-likeness (QED) is 0.729. The first-order valence-corrected chi connectivity index (χ1v) is 4.05. The summed E-state index contributed by atoms with van der Waals surface area (Å²) >= 11 is 0. The highest BCUT2D eigenvalue weighted by atomic mass is 19.1. The van der Waals surface area contributed by atoms with Crippen molar-refractivity contribution >= 4 is 0 Å². The van der Waals surface area contributed by atoms with Gasteiger partial charge in [0.05, 0.1) is 12.4 Å². The predicted octanol–water partition coefficient (Wildman–Crippen LogP) is 2.41. The van der Waals surface area contributed by atoms with E-state index in [1.165, 1.54) is 6.20 Å². The van der Waals surface area contributed by atoms with E-state index in [2.05, 4.69) is 9.97 Å². The van der Waals surface area contributed by atoms with Gasteiger partial charge in [-0.3, -0.25) is 0 Å². The number of aromatic nitrogens is 2. The molecule has 0 N–H and O–H groups in total. The van der Waals surface area contributed by atoms with Gasteiger partial charge < -0.3 is 4.74 Å². The number of nitrogens with zero attached hydrogens (tertiary/aromatic N) is 2. The molecule has 4 heteroatoms. The maximum Gasteiger partial charge on any atom is 0.238 e. The zero-order chi connectivity index (χ0) is 9.80. The molecule has 0 aliphatic rings. The molecule has 0 spiro atoms. The lowest BCUT2D eigenvalue weighted by Gasteiger charge is -2.02. The Hall–Kier alpha value is -1.97. The van der Waals surface area contributed by atoms with Crippen LogP contribution in [0.25, 0.3) is 0 Å². The van der Waals surface area contributed by atoms with Crippen LogP contribution in [0.1, 0.15) is 0 Å². The van der Waals surface area contributed by atoms with Crippen molar-refractivity contribution in [2.45, 2.75) is 0 Å². The molecular weight excluding hydrogens is 183 g/mol. The molecule has 0 amide bonds. The average Bonchev–Trinajstić information content (AvgIpc) is 2.23. The molecule has 1 aromatic carbocycles. The van der Waals surface area contributed by atoms with Crippen molar-refractivity contribution in [2.75, 3.05) is 0 Å². The Morgan fingerprint density at radius 3 is 2.43 bits per heavy atom. The standard InChI is InChI=1S/C10H7FN2O/c11-9-6-13-10(7-12-9)14-8-4-2-1-3-5-8/h1-7H. The van der Waals surface area contributed by atoms with Gasteiger partial charge in [0.2, 0.25) is 11.8 Å². The zero-order valence-electron chi connectivity index (χ0n) is 7.22. The summed E-state index contributed by atoms with van der Waals surface area (Å²) in [5.74, 6) is 0.302. The highest BCUT2D eigenvalue weighted by Crippen LogP contribution is 2.16. The predicted molar refractivity (Wildman–Crippen MR) is 48.5 cm³/mol. The van der Waals surface area contributed by atoms with Crippen LogP contribution < -0.4 is 4.74 Å². The van der Waals surface area contributed by atoms with Crippen LogP contribution in [0.3, 0.4) is 0 Å². The minimum Gasteiger partial charge on any atom is -0.438 e. The van der Waals surface area contributed by atoms with Gasteiger partial charge in [0.25, 0.3) is 0 Å². The van der Waals surface area contributed by atoms with Crippen molar-refractivity contribution in [3.8, 4) is 11.6 Å². The Kier molecular flexibility index (Phi) is 2.36. The molecule has 0 bridgehead atoms. The lowest BCUT2D eigenvalue weighted by atomic mass is 10.3. The summed E-state index contributed by atoms with van der Waals surface area (Å²) in [4.78, 5) is 7.13. The van der Waals surface area contributed by atoms with Crippen LogP contribution in [0.15, 0.2) is 42.7 Å². The van der Waals surface area contributed by atoms with Crippen LogP contribution in [0, 0.1) is 5.95 Å². The van der Waals surface area contributed by atoms with E-state index in [0.29, 0.717) is 5.75 Å². The molecule has 0 saturated carbocycles. The molecule has 0 aliphatic heterocycles. The molecule has 0 saturated heterocycles. The summed E-state index contributed by atoms with van der Waals surface area (Å²) in [5, 5.41) is 0. The van der Waals surface area contributed by atoms with Crippen molar-refractivity contribution in [1.82, 2.24) is 9.97 Å². The van der Waals surface area contributed by atoms with Gasteiger partial charge in [0.1, 0.15) is 5.75 Å². The molecule has 1 aromatic heterocycles. The molecule has 70 valence electrons. The van der Waals surface area contributed by atoms with Gasteiger partial charge >= 0.3 is 0 Å². The lowest BCUT2D eigenvalue weighted by Crippen LogP contribution is -1.90. The molecule has 0 fully saturated rings. The van der Waals surface area contributed by atoms with E-state index >= 15 is 0 Å². The summed E-state index contributed by atoms with van der Waals surface area (Å²) in [6.45, 7) is 0. The number of halogens is 1. The maximum atomic E-state index is 12.4. The SMILES string of the molecule is Fc1cnc(Oc2ccccc2)cn1. The second-order valence-corrected chi connectivity index (χ2v) is 2.59. The van der Waals surface area contributed by atoms with Crippen LogP contribution in [-0.2, 0) is 0 Å². The monoisotopic (exact) mass is 190 g/mol. The second-order valence-electron chi connectivity index (χ2n) is 2.59. The van der Waals surface area contributed by atoms with E-state index in [1.54, 1.807) is 12.1 Å². The van der Waals surface area contributed by atoms with Crippen molar-refractivity contribution in [3.05, 3.63) is 48.7 Å². The Morgan fingerprint density at radius 2 is 1.79 bits per heavy atom. The molecule has 0 aliphatic carbocycles. The van der Waals surface area contributed by atoms with Crippen molar-refractivity contribution in [2.24, 2.45) is 0 Å². The number of hydrogen-bond donors (Lipinski definition) is 0. The van der Waals surface area contributed by atoms with E-state index in [9.17, 15) is 4.39 Å². The molecule has 0 radical (unpaired) electrons. The Morgan fingerprint density at radius 1 is 1.00 bits per heavy atom. The number of hydrogen-bond acceptors (Lipinski definition) is 3. The van der Waals surface area contributed by atoms with E-state index in [4.69, 9.17) is 4.74 Å². The molecule has 0 atom stereocenters. The van der Waals surface area contributed by atoms with Crippen molar-refractivity contribution < 1.29 is 9.13 Å². The normalized spacial score (nSPS) is 9.79. The smallest absolute Gasteiger partial charge is 0.238 e. The molecule has 3 nitrogen and oxygen atoms in total. The van der Waals surface area contributed by atoms with Crippen molar-refractivity contribution in [1.29, 1.82) is 0 Å². The Balaban J connectivity index is 2.16. The van der Waals surface area contributed by atoms with Gasteiger partial charge in [-0.15, -0.1) is 0 Å². The Bertz CT molecular complexity index is 402. The first-order chi connectivity index (χ1) is 6.84. The van der Waals surface area contributed by atoms with Gasteiger partial charge in [-0.1, -0.05) is 18.2 Å². The average molecular weight is 190 g/mol. The number of rotatable bonds is 2. The molecular formula is C10H7FN2O. The number of ether oxygens (including phenoxy) is 1. The van der Waals surface area contributed by atoms with Gasteiger partial charge in [0.15, 0.2) is 0 Å². The summed E-state index contributed by atoms with van der Waals surface area (Å²) in [5.41, 5.74) is 0. The third-order valence-corrected chi connectivity index (χ3v) is 1.56. The highest BCUT2D eigenvalue weighted by Gasteiger charge is 1.98. The van der Waals surface area contributed by atoms with E-state index in [-0.39, 0.29) is 5.88 Å². The number of para-hydroxylation sites is 1. The Labute approximate surface area is 80.2 Å². The van der Waals surface area contributed by atoms with Gasteiger partial charge in [-0.25, -0.2) is 9.97 Å². The van der Waals surface area contributed by atoms with Crippen LogP contribution in [-0.4, -0.2) is 9.97 Å². The summed E-state index contributed by atoms with van der Waals surface area (Å²) < 4.78 is 17.7. The third-order valence-electron chi connectivity index (χ3n) is 1.56. The first-order valence-electron chi connectivity index (χ1n) is 4.05. The maximum absolute atomic E-state index is 12.4. The van der Waals surface area contributed by atoms with Crippen LogP contribution in [0.4, 0.5) is 4.39 Å². The molecule has 2 rings (SSSR count). The van der Waals surface area contributed by atoms with Crippen LogP contribution in [0.2, 0.25) is 0 Å². The van der Waals surface area contributed by atoms with E-state index in [0.717, 1.165) is 6.20 Å². The van der Waals surface area contributed by atoms with Crippen LogP contribution >= 0.6 is 0 Å². The van der Waals surface area contributed by atoms with E-state index in [1.807, 2.05) is 18.2 Å². The van der Waals surface area contributed by atoms with Crippen LogP contribution in [0.5, 0.6) is 11.6 Å². The van der Waals surface area contributed by atoms with E-state index < -0.39 is 5.95 Å². The molecule has 14 heavy (non-hydrogen) atoms. The van der Waals surface area contributed by atoms with Crippen molar-refractivity contribution in [3.63, 3.8) is 0 Å². The highest BCUT2D eigenvalue weighted by molar-refractivity contribution is 5.25. The molecule has 0 unspecified atom stereocenters. The summed E-state index contributed by atoms with van der Waals surface area (Å²) in [6.07, 6.45) is 2.25. The summed E-state index contributed by atoms with van der Waals surface area (Å²) in [6, 6.07) is 9.12. The third kappa shape index (κ3) is 2.04. The number of benzene rings is 1. The zero-order valence-corrected chi connectivity index (χ0v) is 7.22. The first kappa shape index (κ1) is 8.62. The summed E-state index contributed by atoms with van der Waals surface area (Å²) in [7, 11) is 0. The lowest BCUT2D eigenvalue weighted by molar-refractivity contribution is 0.452. The van der Waals surface area contributed by atoms with Gasteiger partial charge in [0, 0.05) is 0 Å². The molecule has 2 aromatic rings. The minimum absolute atomic E-state index is 0.276. The van der Waals surface area contributed by atoms with Gasteiger partial charge in [-0.05, 0) is 12.1 Å². The topological polar surface area (TPSA) is 35.0 Å². The molecule has 1 heterocycles. The fourth-order valence-electron chi connectivity index (χ4n) is 0.962. The minimum atomic E-state index is -0.620.